The highest BCUT2D eigenvalue weighted by molar-refractivity contribution is 5.98. The van der Waals surface area contributed by atoms with E-state index in [-0.39, 0.29) is 11.4 Å². The van der Waals surface area contributed by atoms with Gasteiger partial charge in [-0.05, 0) is 56.5 Å². The first-order valence-electron chi connectivity index (χ1n) is 11.7. The lowest BCUT2D eigenvalue weighted by Crippen LogP contribution is -2.51. The summed E-state index contributed by atoms with van der Waals surface area (Å²) in [7, 11) is 0. The van der Waals surface area contributed by atoms with Crippen molar-refractivity contribution in [1.29, 1.82) is 0 Å². The number of hydrogen-bond acceptors (Lipinski definition) is 6. The van der Waals surface area contributed by atoms with Crippen LogP contribution in [-0.2, 0) is 13.0 Å². The van der Waals surface area contributed by atoms with Gasteiger partial charge < -0.3 is 19.9 Å². The summed E-state index contributed by atoms with van der Waals surface area (Å²) in [6.45, 7) is 8.87. The lowest BCUT2D eigenvalue weighted by Gasteiger charge is -2.40. The number of halogens is 1. The fraction of sp³-hybridized carbons (Fsp3) is 0.440. The van der Waals surface area contributed by atoms with Gasteiger partial charge in [-0.2, -0.15) is 0 Å². The number of nitrogens with zero attached hydrogens (tertiary/aromatic N) is 3. The number of pyridine rings is 2. The summed E-state index contributed by atoms with van der Waals surface area (Å²) in [6.07, 6.45) is 3.01. The minimum atomic E-state index is -0.318. The van der Waals surface area contributed by atoms with Gasteiger partial charge in [-0.1, -0.05) is 0 Å². The highest BCUT2D eigenvalue weighted by Crippen LogP contribution is 2.36. The highest BCUT2D eigenvalue weighted by atomic mass is 19.1. The highest BCUT2D eigenvalue weighted by Gasteiger charge is 2.26. The number of hydrogen-bond donors (Lipinski definition) is 2. The van der Waals surface area contributed by atoms with Crippen LogP contribution in [0.3, 0.4) is 0 Å². The second-order valence-corrected chi connectivity index (χ2v) is 8.89. The van der Waals surface area contributed by atoms with Gasteiger partial charge in [0.05, 0.1) is 29.4 Å². The van der Waals surface area contributed by atoms with Gasteiger partial charge >= 0.3 is 0 Å². The monoisotopic (exact) mass is 451 g/mol. The van der Waals surface area contributed by atoms with E-state index in [1.807, 2.05) is 6.92 Å². The Balaban J connectivity index is 1.41. The van der Waals surface area contributed by atoms with Gasteiger partial charge in [0.15, 0.2) is 0 Å². The van der Waals surface area contributed by atoms with E-state index in [0.717, 1.165) is 84.9 Å². The first-order valence-corrected chi connectivity index (χ1v) is 11.7. The Morgan fingerprint density at radius 3 is 2.91 bits per heavy atom. The molecule has 0 spiro atoms. The van der Waals surface area contributed by atoms with Gasteiger partial charge in [0, 0.05) is 44.3 Å². The zero-order chi connectivity index (χ0) is 22.9. The third-order valence-electron chi connectivity index (χ3n) is 6.63. The van der Waals surface area contributed by atoms with Crippen molar-refractivity contribution in [2.75, 3.05) is 43.0 Å². The summed E-state index contributed by atoms with van der Waals surface area (Å²) in [4.78, 5) is 24.7. The van der Waals surface area contributed by atoms with Gasteiger partial charge in [-0.25, -0.2) is 9.37 Å². The molecule has 1 unspecified atom stereocenters. The maximum absolute atomic E-state index is 13.2. The van der Waals surface area contributed by atoms with Crippen LogP contribution in [0.25, 0.3) is 10.9 Å². The molecule has 5 rings (SSSR count). The standard InChI is InChI=1S/C25H30FN5O2/c1-3-33-21-12-17(11-20-23(21)24-19(25(32)29-20)5-4-8-27-24)15-30-9-10-31(14-16(30)2)22-7-6-18(26)13-28-22/h6-7,11-13,16,27H,3-5,8-10,14-15H2,1-2H3,(H,29,32). The zero-order valence-electron chi connectivity index (χ0n) is 19.2. The van der Waals surface area contributed by atoms with Crippen molar-refractivity contribution in [3.05, 3.63) is 57.8 Å². The number of fused-ring (bicyclic) bond motifs is 3. The maximum atomic E-state index is 13.2. The minimum absolute atomic E-state index is 0.0157. The average Bonchev–Trinajstić information content (AvgIpc) is 2.81. The molecule has 0 saturated carbocycles. The second-order valence-electron chi connectivity index (χ2n) is 8.89. The van der Waals surface area contributed by atoms with E-state index in [1.165, 1.54) is 12.3 Å². The lowest BCUT2D eigenvalue weighted by molar-refractivity contribution is 0.180. The lowest BCUT2D eigenvalue weighted by atomic mass is 9.99. The molecule has 2 N–H and O–H groups in total. The van der Waals surface area contributed by atoms with Gasteiger partial charge in [0.1, 0.15) is 17.4 Å². The predicted octanol–water partition coefficient (Wildman–Crippen LogP) is 3.53. The van der Waals surface area contributed by atoms with Gasteiger partial charge in [-0.15, -0.1) is 0 Å². The van der Waals surface area contributed by atoms with E-state index < -0.39 is 0 Å². The molecule has 0 bridgehead atoms. The molecule has 2 aromatic heterocycles. The van der Waals surface area contributed by atoms with Gasteiger partial charge in [0.2, 0.25) is 0 Å². The van der Waals surface area contributed by atoms with E-state index in [9.17, 15) is 9.18 Å². The normalized spacial score (nSPS) is 18.8. The van der Waals surface area contributed by atoms with Crippen LogP contribution in [-0.4, -0.2) is 53.7 Å². The Hall–Kier alpha value is -3.13. The van der Waals surface area contributed by atoms with Crippen LogP contribution in [0.1, 0.15) is 31.4 Å². The molecule has 1 saturated heterocycles. The summed E-state index contributed by atoms with van der Waals surface area (Å²) in [6, 6.07) is 7.68. The summed E-state index contributed by atoms with van der Waals surface area (Å²) in [5, 5.41) is 4.40. The summed E-state index contributed by atoms with van der Waals surface area (Å²) >= 11 is 0. The third kappa shape index (κ3) is 4.27. The van der Waals surface area contributed by atoms with E-state index >= 15 is 0 Å². The maximum Gasteiger partial charge on any atom is 0.253 e. The smallest absolute Gasteiger partial charge is 0.253 e. The Morgan fingerprint density at radius 1 is 1.27 bits per heavy atom. The first-order chi connectivity index (χ1) is 16.0. The number of H-pyrrole nitrogens is 1. The van der Waals surface area contributed by atoms with Crippen molar-refractivity contribution >= 4 is 22.4 Å². The molecule has 1 aromatic carbocycles. The number of benzene rings is 1. The van der Waals surface area contributed by atoms with Gasteiger partial charge in [0.25, 0.3) is 5.56 Å². The fourth-order valence-electron chi connectivity index (χ4n) is 4.99. The Morgan fingerprint density at radius 2 is 2.15 bits per heavy atom. The largest absolute Gasteiger partial charge is 0.493 e. The van der Waals surface area contributed by atoms with Crippen LogP contribution in [0.2, 0.25) is 0 Å². The van der Waals surface area contributed by atoms with E-state index in [1.54, 1.807) is 6.07 Å². The fourth-order valence-corrected chi connectivity index (χ4v) is 4.99. The molecule has 3 aromatic rings. The SMILES string of the molecule is CCOc1cc(CN2CCN(c3ccc(F)cn3)CC2C)cc2[nH]c(=O)c3c(c12)NCCC3. The van der Waals surface area contributed by atoms with Crippen LogP contribution in [0.4, 0.5) is 15.9 Å². The second kappa shape index (κ2) is 9.02. The zero-order valence-corrected chi connectivity index (χ0v) is 19.2. The Kier molecular flexibility index (Phi) is 5.93. The van der Waals surface area contributed by atoms with E-state index in [2.05, 4.69) is 44.1 Å². The molecule has 33 heavy (non-hydrogen) atoms. The van der Waals surface area contributed by atoms with Crippen molar-refractivity contribution in [3.8, 4) is 5.75 Å². The summed E-state index contributed by atoms with van der Waals surface area (Å²) in [5.74, 6) is 1.30. The molecule has 0 amide bonds. The van der Waals surface area contributed by atoms with Crippen molar-refractivity contribution < 1.29 is 9.13 Å². The van der Waals surface area contributed by atoms with E-state index in [0.29, 0.717) is 12.6 Å². The molecule has 2 aliphatic rings. The number of rotatable bonds is 5. The molecule has 0 radical (unpaired) electrons. The van der Waals surface area contributed by atoms with Crippen LogP contribution in [0, 0.1) is 5.82 Å². The molecule has 1 atom stereocenters. The number of aromatic amines is 1. The van der Waals surface area contributed by atoms with Crippen molar-refractivity contribution in [3.63, 3.8) is 0 Å². The molecule has 4 heterocycles. The molecule has 174 valence electrons. The van der Waals surface area contributed by atoms with Gasteiger partial charge in [-0.3, -0.25) is 9.69 Å². The van der Waals surface area contributed by atoms with Crippen molar-refractivity contribution in [1.82, 2.24) is 14.9 Å². The molecule has 7 nitrogen and oxygen atoms in total. The molecular formula is C25H30FN5O2. The molecule has 0 aliphatic carbocycles. The van der Waals surface area contributed by atoms with Crippen LogP contribution in [0.5, 0.6) is 5.75 Å². The molecular weight excluding hydrogens is 421 g/mol. The number of anilines is 2. The van der Waals surface area contributed by atoms with Crippen LogP contribution < -0.4 is 20.5 Å². The number of piperazine rings is 1. The third-order valence-corrected chi connectivity index (χ3v) is 6.63. The molecule has 1 fully saturated rings. The molecule has 2 aliphatic heterocycles. The Labute approximate surface area is 192 Å². The quantitative estimate of drug-likeness (QED) is 0.618. The summed E-state index contributed by atoms with van der Waals surface area (Å²) < 4.78 is 19.3. The minimum Gasteiger partial charge on any atom is -0.493 e. The van der Waals surface area contributed by atoms with Crippen LogP contribution >= 0.6 is 0 Å². The van der Waals surface area contributed by atoms with Crippen molar-refractivity contribution in [2.45, 2.75) is 39.3 Å². The van der Waals surface area contributed by atoms with Crippen molar-refractivity contribution in [2.24, 2.45) is 0 Å². The number of ether oxygens (including phenoxy) is 1. The number of nitrogens with one attached hydrogen (secondary N) is 2. The Bertz CT molecular complexity index is 1210. The molecule has 8 heteroatoms. The summed E-state index contributed by atoms with van der Waals surface area (Å²) in [5.41, 5.74) is 3.65. The topological polar surface area (TPSA) is 73.5 Å². The average molecular weight is 452 g/mol. The van der Waals surface area contributed by atoms with E-state index in [4.69, 9.17) is 4.74 Å². The van der Waals surface area contributed by atoms with Crippen LogP contribution in [0.15, 0.2) is 35.3 Å². The first kappa shape index (κ1) is 21.7. The number of aromatic nitrogens is 2. The predicted molar refractivity (Wildman–Crippen MR) is 129 cm³/mol.